The van der Waals surface area contributed by atoms with Crippen molar-refractivity contribution in [3.63, 3.8) is 0 Å². The molecule has 1 aliphatic heterocycles. The number of sulfone groups is 1. The Morgan fingerprint density at radius 3 is 2.30 bits per heavy atom. The maximum Gasteiger partial charge on any atom is 0.160 e. The van der Waals surface area contributed by atoms with Crippen LogP contribution in [0.3, 0.4) is 0 Å². The second kappa shape index (κ2) is 2.34. The lowest BCUT2D eigenvalue weighted by atomic mass is 10.2. The van der Waals surface area contributed by atoms with Crippen molar-refractivity contribution in [1.82, 2.24) is 0 Å². The van der Waals surface area contributed by atoms with Crippen LogP contribution in [0.15, 0.2) is 0 Å². The maximum atomic E-state index is 11.0. The van der Waals surface area contributed by atoms with Gasteiger partial charge in [0.1, 0.15) is 11.0 Å². The zero-order valence-electron chi connectivity index (χ0n) is 5.83. The highest BCUT2D eigenvalue weighted by Gasteiger charge is 2.34. The molecule has 0 amide bonds. The minimum atomic E-state index is -3.04. The Bertz CT molecular complexity index is 240. The Morgan fingerprint density at radius 2 is 2.10 bits per heavy atom. The SMILES string of the molecule is CC(=O)C1CCCS1(=O)=O. The summed E-state index contributed by atoms with van der Waals surface area (Å²) in [6.45, 7) is 1.34. The standard InChI is InChI=1S/C6H10O3S/c1-5(7)6-3-2-4-10(6,8)9/h6H,2-4H2,1H3. The second-order valence-electron chi connectivity index (χ2n) is 2.61. The van der Waals surface area contributed by atoms with E-state index in [0.29, 0.717) is 12.8 Å². The van der Waals surface area contributed by atoms with E-state index in [1.165, 1.54) is 6.92 Å². The summed E-state index contributed by atoms with van der Waals surface area (Å²) in [5, 5.41) is -0.688. The minimum Gasteiger partial charge on any atom is -0.299 e. The third kappa shape index (κ3) is 1.21. The number of carbonyl (C=O) groups is 1. The van der Waals surface area contributed by atoms with Crippen LogP contribution in [-0.2, 0) is 14.6 Å². The van der Waals surface area contributed by atoms with Gasteiger partial charge in [-0.3, -0.25) is 4.79 Å². The van der Waals surface area contributed by atoms with Gasteiger partial charge in [-0.25, -0.2) is 8.42 Å². The highest BCUT2D eigenvalue weighted by Crippen LogP contribution is 2.20. The summed E-state index contributed by atoms with van der Waals surface area (Å²) in [5.74, 6) is -0.0189. The molecule has 0 radical (unpaired) electrons. The molecule has 0 aromatic rings. The molecule has 0 N–H and O–H groups in total. The summed E-state index contributed by atoms with van der Waals surface area (Å²) in [7, 11) is -3.04. The average molecular weight is 162 g/mol. The van der Waals surface area contributed by atoms with Crippen LogP contribution in [-0.4, -0.2) is 25.2 Å². The predicted molar refractivity (Wildman–Crippen MR) is 37.5 cm³/mol. The van der Waals surface area contributed by atoms with Crippen LogP contribution >= 0.6 is 0 Å². The lowest BCUT2D eigenvalue weighted by Crippen LogP contribution is -2.23. The zero-order chi connectivity index (χ0) is 7.78. The predicted octanol–water partition coefficient (Wildman–Crippen LogP) is 0.153. The van der Waals surface area contributed by atoms with E-state index in [1.807, 2.05) is 0 Å². The van der Waals surface area contributed by atoms with Gasteiger partial charge >= 0.3 is 0 Å². The Hall–Kier alpha value is -0.380. The topological polar surface area (TPSA) is 51.2 Å². The molecule has 1 rings (SSSR count). The van der Waals surface area contributed by atoms with Crippen molar-refractivity contribution in [3.05, 3.63) is 0 Å². The first-order valence-corrected chi connectivity index (χ1v) is 4.97. The van der Waals surface area contributed by atoms with Gasteiger partial charge in [0.05, 0.1) is 5.75 Å². The lowest BCUT2D eigenvalue weighted by Gasteiger charge is -2.01. The molecule has 10 heavy (non-hydrogen) atoms. The Kier molecular flexibility index (Phi) is 1.81. The summed E-state index contributed by atoms with van der Waals surface area (Å²) >= 11 is 0. The van der Waals surface area contributed by atoms with E-state index in [4.69, 9.17) is 0 Å². The van der Waals surface area contributed by atoms with Crippen LogP contribution in [0, 0.1) is 0 Å². The van der Waals surface area contributed by atoms with Crippen molar-refractivity contribution in [2.75, 3.05) is 5.75 Å². The van der Waals surface area contributed by atoms with Gasteiger partial charge in [-0.1, -0.05) is 0 Å². The number of carbonyl (C=O) groups excluding carboxylic acids is 1. The number of Topliss-reactive ketones (excluding diaryl/α,β-unsaturated/α-hetero) is 1. The number of hydrogen-bond acceptors (Lipinski definition) is 3. The van der Waals surface area contributed by atoms with Crippen LogP contribution < -0.4 is 0 Å². The summed E-state index contributed by atoms with van der Waals surface area (Å²) < 4.78 is 22.0. The smallest absolute Gasteiger partial charge is 0.160 e. The Balaban J connectivity index is 2.90. The van der Waals surface area contributed by atoms with E-state index in [0.717, 1.165) is 0 Å². The molecule has 0 bridgehead atoms. The first-order valence-electron chi connectivity index (χ1n) is 3.26. The van der Waals surface area contributed by atoms with Crippen LogP contribution in [0.2, 0.25) is 0 Å². The minimum absolute atomic E-state index is 0.192. The first kappa shape index (κ1) is 7.72. The van der Waals surface area contributed by atoms with Crippen LogP contribution in [0.1, 0.15) is 19.8 Å². The monoisotopic (exact) mass is 162 g/mol. The van der Waals surface area contributed by atoms with Crippen molar-refractivity contribution >= 4 is 15.6 Å². The van der Waals surface area contributed by atoms with Crippen molar-refractivity contribution in [2.45, 2.75) is 25.0 Å². The fourth-order valence-electron chi connectivity index (χ4n) is 1.25. The van der Waals surface area contributed by atoms with Crippen LogP contribution in [0.4, 0.5) is 0 Å². The molecular formula is C6H10O3S. The normalized spacial score (nSPS) is 30.3. The van der Waals surface area contributed by atoms with E-state index in [1.54, 1.807) is 0 Å². The van der Waals surface area contributed by atoms with Crippen molar-refractivity contribution in [1.29, 1.82) is 0 Å². The summed E-state index contributed by atoms with van der Waals surface area (Å²) in [6, 6.07) is 0. The fraction of sp³-hybridized carbons (Fsp3) is 0.833. The summed E-state index contributed by atoms with van der Waals surface area (Å²) in [4.78, 5) is 10.7. The quantitative estimate of drug-likeness (QED) is 0.551. The summed E-state index contributed by atoms with van der Waals surface area (Å²) in [6.07, 6.45) is 1.17. The molecule has 0 spiro atoms. The lowest BCUT2D eigenvalue weighted by molar-refractivity contribution is -0.116. The molecule has 0 saturated carbocycles. The third-order valence-electron chi connectivity index (χ3n) is 1.78. The van der Waals surface area contributed by atoms with Crippen molar-refractivity contribution in [3.8, 4) is 0 Å². The van der Waals surface area contributed by atoms with Gasteiger partial charge in [-0.15, -0.1) is 0 Å². The van der Waals surface area contributed by atoms with Gasteiger partial charge in [0, 0.05) is 0 Å². The molecule has 1 aliphatic rings. The highest BCUT2D eigenvalue weighted by molar-refractivity contribution is 7.93. The number of rotatable bonds is 1. The van der Waals surface area contributed by atoms with E-state index >= 15 is 0 Å². The molecule has 1 heterocycles. The highest BCUT2D eigenvalue weighted by atomic mass is 32.2. The van der Waals surface area contributed by atoms with Crippen LogP contribution in [0.25, 0.3) is 0 Å². The maximum absolute atomic E-state index is 11.0. The molecule has 3 nitrogen and oxygen atoms in total. The van der Waals surface area contributed by atoms with E-state index in [2.05, 4.69) is 0 Å². The Labute approximate surface area is 60.3 Å². The third-order valence-corrected chi connectivity index (χ3v) is 4.07. The van der Waals surface area contributed by atoms with E-state index in [9.17, 15) is 13.2 Å². The first-order chi connectivity index (χ1) is 4.54. The van der Waals surface area contributed by atoms with Gasteiger partial charge in [-0.2, -0.15) is 0 Å². The van der Waals surface area contributed by atoms with Gasteiger partial charge < -0.3 is 0 Å². The fourth-order valence-corrected chi connectivity index (χ4v) is 3.13. The van der Waals surface area contributed by atoms with E-state index in [-0.39, 0.29) is 11.5 Å². The largest absolute Gasteiger partial charge is 0.299 e. The molecule has 1 atom stereocenters. The Morgan fingerprint density at radius 1 is 1.50 bits per heavy atom. The average Bonchev–Trinajstić information content (AvgIpc) is 2.08. The number of hydrogen-bond donors (Lipinski definition) is 0. The molecule has 1 saturated heterocycles. The summed E-state index contributed by atoms with van der Waals surface area (Å²) in [5.41, 5.74) is 0. The van der Waals surface area contributed by atoms with Gasteiger partial charge in [0.25, 0.3) is 0 Å². The van der Waals surface area contributed by atoms with Gasteiger partial charge in [-0.05, 0) is 19.8 Å². The van der Waals surface area contributed by atoms with Gasteiger partial charge in [0.15, 0.2) is 9.84 Å². The van der Waals surface area contributed by atoms with Crippen molar-refractivity contribution in [2.24, 2.45) is 0 Å². The zero-order valence-corrected chi connectivity index (χ0v) is 6.65. The molecular weight excluding hydrogens is 152 g/mol. The molecule has 0 aliphatic carbocycles. The second-order valence-corrected chi connectivity index (χ2v) is 4.91. The molecule has 0 aromatic heterocycles. The number of ketones is 1. The van der Waals surface area contributed by atoms with Crippen molar-refractivity contribution < 1.29 is 13.2 Å². The van der Waals surface area contributed by atoms with E-state index < -0.39 is 15.1 Å². The molecule has 0 aromatic carbocycles. The molecule has 1 unspecified atom stereocenters. The molecule has 58 valence electrons. The molecule has 1 fully saturated rings. The van der Waals surface area contributed by atoms with Crippen LogP contribution in [0.5, 0.6) is 0 Å². The van der Waals surface area contributed by atoms with Gasteiger partial charge in [0.2, 0.25) is 0 Å². The molecule has 4 heteroatoms.